The van der Waals surface area contributed by atoms with E-state index in [1.807, 2.05) is 0 Å². The molecule has 0 aliphatic carbocycles. The lowest BCUT2D eigenvalue weighted by Crippen LogP contribution is -2.34. The largest absolute Gasteiger partial charge is 0.399 e. The van der Waals surface area contributed by atoms with Crippen molar-refractivity contribution in [3.8, 4) is 0 Å². The van der Waals surface area contributed by atoms with Gasteiger partial charge in [0.15, 0.2) is 5.78 Å². The number of allylic oxidation sites excluding steroid dienone is 1. The summed E-state index contributed by atoms with van der Waals surface area (Å²) in [7, 11) is 0. The van der Waals surface area contributed by atoms with Crippen LogP contribution in [0.2, 0.25) is 15.1 Å². The number of alkyl halides is 5. The summed E-state index contributed by atoms with van der Waals surface area (Å²) in [5.74, 6) is -3.47. The van der Waals surface area contributed by atoms with E-state index in [1.54, 1.807) is 0 Å². The second-order valence-electron chi connectivity index (χ2n) is 7.29. The minimum atomic E-state index is -4.66. The summed E-state index contributed by atoms with van der Waals surface area (Å²) in [5, 5.41) is 4.18. The van der Waals surface area contributed by atoms with Crippen LogP contribution in [-0.4, -0.2) is 37.4 Å². The molecule has 4 nitrogen and oxygen atoms in total. The maximum Gasteiger partial charge on any atom is 0.399 e. The molecule has 1 unspecified atom stereocenters. The van der Waals surface area contributed by atoms with Crippen molar-refractivity contribution < 1.29 is 31.5 Å². The van der Waals surface area contributed by atoms with E-state index in [1.165, 1.54) is 24.3 Å². The number of nitrogens with one attached hydrogen (secondary N) is 2. The first-order chi connectivity index (χ1) is 16.7. The molecule has 0 saturated carbocycles. The standard InChI is InChI=1S/C23H17BrCl3F5N2O2/c1-11(19(35)9-33-10-20(28)29)34-22(36)14-4-2-12(6-16(14)24)3-5-15(23(30,31)32)13-7-17(25)21(27)18(26)8-13/h2-8,15,20,33H,1,9-10H2,(H,34,36)/b5-3+. The summed E-state index contributed by atoms with van der Waals surface area (Å²) >= 11 is 20.8. The summed E-state index contributed by atoms with van der Waals surface area (Å²) < 4.78 is 65.6. The number of carbonyl (C=O) groups is 2. The molecule has 2 rings (SSSR count). The lowest BCUT2D eigenvalue weighted by Gasteiger charge is -2.18. The first kappa shape index (κ1) is 30.2. The molecular formula is C23H17BrCl3F5N2O2. The highest BCUT2D eigenvalue weighted by atomic mass is 79.9. The Morgan fingerprint density at radius 2 is 1.69 bits per heavy atom. The molecule has 0 bridgehead atoms. The first-order valence-electron chi connectivity index (χ1n) is 9.92. The van der Waals surface area contributed by atoms with E-state index < -0.39 is 43.3 Å². The monoisotopic (exact) mass is 632 g/mol. The van der Waals surface area contributed by atoms with Crippen LogP contribution in [-0.2, 0) is 4.79 Å². The van der Waals surface area contributed by atoms with Gasteiger partial charge >= 0.3 is 6.18 Å². The van der Waals surface area contributed by atoms with Gasteiger partial charge in [-0.2, -0.15) is 13.2 Å². The molecule has 36 heavy (non-hydrogen) atoms. The van der Waals surface area contributed by atoms with Gasteiger partial charge in [0.1, 0.15) is 0 Å². The van der Waals surface area contributed by atoms with Gasteiger partial charge < -0.3 is 10.6 Å². The maximum absolute atomic E-state index is 13.7. The third-order valence-corrected chi connectivity index (χ3v) is 6.47. The predicted octanol–water partition coefficient (Wildman–Crippen LogP) is 7.44. The molecule has 0 aliphatic heterocycles. The average molecular weight is 635 g/mol. The van der Waals surface area contributed by atoms with Crippen LogP contribution < -0.4 is 10.6 Å². The molecule has 0 saturated heterocycles. The summed E-state index contributed by atoms with van der Waals surface area (Å²) in [4.78, 5) is 24.3. The molecule has 0 fully saturated rings. The van der Waals surface area contributed by atoms with Crippen LogP contribution in [0.15, 0.2) is 53.2 Å². The van der Waals surface area contributed by atoms with Crippen LogP contribution in [0.4, 0.5) is 22.0 Å². The third kappa shape index (κ3) is 8.55. The zero-order valence-electron chi connectivity index (χ0n) is 18.0. The lowest BCUT2D eigenvalue weighted by atomic mass is 9.97. The third-order valence-electron chi connectivity index (χ3n) is 4.62. The number of Topliss-reactive ketones (excluding diaryl/α,β-unsaturated/α-hetero) is 1. The van der Waals surface area contributed by atoms with Gasteiger partial charge in [-0.3, -0.25) is 9.59 Å². The Hall–Kier alpha value is -1.98. The fourth-order valence-corrected chi connectivity index (χ4v) is 4.06. The van der Waals surface area contributed by atoms with Crippen molar-refractivity contribution in [1.29, 1.82) is 0 Å². The number of hydrogen-bond acceptors (Lipinski definition) is 3. The van der Waals surface area contributed by atoms with Crippen LogP contribution >= 0.6 is 50.7 Å². The second-order valence-corrected chi connectivity index (χ2v) is 9.34. The zero-order valence-corrected chi connectivity index (χ0v) is 21.9. The summed E-state index contributed by atoms with van der Waals surface area (Å²) in [6.45, 7) is 2.28. The number of halogens is 9. The van der Waals surface area contributed by atoms with E-state index in [-0.39, 0.29) is 36.4 Å². The van der Waals surface area contributed by atoms with Crippen molar-refractivity contribution in [3.63, 3.8) is 0 Å². The highest BCUT2D eigenvalue weighted by molar-refractivity contribution is 9.10. The minimum absolute atomic E-state index is 0.0569. The Kier molecular flexibility index (Phi) is 10.9. The average Bonchev–Trinajstić information content (AvgIpc) is 2.76. The van der Waals surface area contributed by atoms with Gasteiger partial charge in [-0.15, -0.1) is 0 Å². The van der Waals surface area contributed by atoms with Crippen LogP contribution in [0, 0.1) is 0 Å². The SMILES string of the molecule is C=C(NC(=O)c1ccc(/C=C/C(c2cc(Cl)c(Cl)c(Cl)c2)C(F)(F)F)cc1Br)C(=O)CNCC(F)F. The molecule has 2 aromatic carbocycles. The summed E-state index contributed by atoms with van der Waals surface area (Å²) in [6.07, 6.45) is -5.19. The van der Waals surface area contributed by atoms with Gasteiger partial charge in [0.05, 0.1) is 45.3 Å². The summed E-state index contributed by atoms with van der Waals surface area (Å²) in [5.41, 5.74) is -0.138. The van der Waals surface area contributed by atoms with Gasteiger partial charge in [0.2, 0.25) is 0 Å². The minimum Gasteiger partial charge on any atom is -0.319 e. The van der Waals surface area contributed by atoms with Crippen molar-refractivity contribution in [2.75, 3.05) is 13.1 Å². The molecular weight excluding hydrogens is 618 g/mol. The molecule has 0 radical (unpaired) electrons. The molecule has 2 N–H and O–H groups in total. The molecule has 0 heterocycles. The zero-order chi connectivity index (χ0) is 27.2. The van der Waals surface area contributed by atoms with E-state index in [0.29, 0.717) is 5.56 Å². The first-order valence-corrected chi connectivity index (χ1v) is 11.8. The Morgan fingerprint density at radius 3 is 2.22 bits per heavy atom. The van der Waals surface area contributed by atoms with E-state index in [4.69, 9.17) is 34.8 Å². The van der Waals surface area contributed by atoms with Crippen molar-refractivity contribution >= 4 is 68.5 Å². The van der Waals surface area contributed by atoms with Crippen LogP contribution in [0.3, 0.4) is 0 Å². The maximum atomic E-state index is 13.7. The fourth-order valence-electron chi connectivity index (χ4n) is 2.87. The van der Waals surface area contributed by atoms with Crippen molar-refractivity contribution in [3.05, 3.63) is 84.9 Å². The highest BCUT2D eigenvalue weighted by Crippen LogP contribution is 2.41. The topological polar surface area (TPSA) is 58.2 Å². The van der Waals surface area contributed by atoms with Crippen molar-refractivity contribution in [2.45, 2.75) is 18.5 Å². The predicted molar refractivity (Wildman–Crippen MR) is 134 cm³/mol. The Balaban J connectivity index is 2.17. The van der Waals surface area contributed by atoms with Gasteiger partial charge in [0, 0.05) is 4.47 Å². The Bertz CT molecular complexity index is 1170. The van der Waals surface area contributed by atoms with Gasteiger partial charge in [0.25, 0.3) is 12.3 Å². The molecule has 0 aromatic heterocycles. The van der Waals surface area contributed by atoms with E-state index >= 15 is 0 Å². The molecule has 0 aliphatic rings. The molecule has 194 valence electrons. The normalized spacial score (nSPS) is 12.7. The quantitative estimate of drug-likeness (QED) is 0.162. The van der Waals surface area contributed by atoms with Crippen LogP contribution in [0.5, 0.6) is 0 Å². The smallest absolute Gasteiger partial charge is 0.319 e. The Labute approximate surface area is 226 Å². The highest BCUT2D eigenvalue weighted by Gasteiger charge is 2.39. The number of carbonyl (C=O) groups excluding carboxylic acids is 2. The molecule has 2 aromatic rings. The van der Waals surface area contributed by atoms with Gasteiger partial charge in [-0.05, 0) is 51.3 Å². The van der Waals surface area contributed by atoms with Crippen LogP contribution in [0.1, 0.15) is 27.4 Å². The number of hydrogen-bond donors (Lipinski definition) is 2. The molecule has 1 atom stereocenters. The Morgan fingerprint density at radius 1 is 1.08 bits per heavy atom. The number of rotatable bonds is 10. The second kappa shape index (κ2) is 13.0. The van der Waals surface area contributed by atoms with Gasteiger partial charge in [-0.1, -0.05) is 59.6 Å². The molecule has 0 spiro atoms. The molecule has 13 heteroatoms. The van der Waals surface area contributed by atoms with Crippen molar-refractivity contribution in [1.82, 2.24) is 10.6 Å². The summed E-state index contributed by atoms with van der Waals surface area (Å²) in [6, 6.07) is 6.28. The van der Waals surface area contributed by atoms with E-state index in [9.17, 15) is 31.5 Å². The number of benzene rings is 2. The lowest BCUT2D eigenvalue weighted by molar-refractivity contribution is -0.139. The number of amides is 1. The fraction of sp³-hybridized carbons (Fsp3) is 0.217. The van der Waals surface area contributed by atoms with Crippen molar-refractivity contribution in [2.24, 2.45) is 0 Å². The van der Waals surface area contributed by atoms with E-state index in [0.717, 1.165) is 18.2 Å². The van der Waals surface area contributed by atoms with Gasteiger partial charge in [-0.25, -0.2) is 8.78 Å². The van der Waals surface area contributed by atoms with E-state index in [2.05, 4.69) is 33.1 Å². The number of ketones is 1. The molecule has 1 amide bonds. The van der Waals surface area contributed by atoms with Crippen LogP contribution in [0.25, 0.3) is 6.08 Å².